The van der Waals surface area contributed by atoms with Gasteiger partial charge < -0.3 is 4.42 Å². The van der Waals surface area contributed by atoms with Gasteiger partial charge >= 0.3 is 0 Å². The zero-order valence-electron chi connectivity index (χ0n) is 13.5. The summed E-state index contributed by atoms with van der Waals surface area (Å²) in [5, 5.41) is 23.5. The van der Waals surface area contributed by atoms with Gasteiger partial charge in [0.05, 0.1) is 23.7 Å². The molecule has 0 aliphatic rings. The average molecular weight is 339 g/mol. The highest BCUT2D eigenvalue weighted by atomic mass is 32.1. The fraction of sp³-hybridized carbons (Fsp3) is 0.294. The number of benzene rings is 1. The first-order valence-electron chi connectivity index (χ1n) is 7.62. The van der Waals surface area contributed by atoms with Crippen molar-refractivity contribution in [2.45, 2.75) is 32.4 Å². The lowest BCUT2D eigenvalue weighted by Gasteiger charge is -2.26. The van der Waals surface area contributed by atoms with Crippen molar-refractivity contribution in [2.24, 2.45) is 0 Å². The van der Waals surface area contributed by atoms with Crippen molar-refractivity contribution in [1.82, 2.24) is 20.5 Å². The number of hydrogen-bond donors (Lipinski definition) is 1. The van der Waals surface area contributed by atoms with Gasteiger partial charge in [0.2, 0.25) is 11.8 Å². The lowest BCUT2D eigenvalue weighted by Crippen LogP contribution is -2.38. The first kappa shape index (κ1) is 16.3. The number of nitriles is 1. The predicted octanol–water partition coefficient (Wildman–Crippen LogP) is 3.48. The Hall–Kier alpha value is -2.56. The standard InChI is InChI=1S/C17H17N5OS/c1-3-17(2,16-19-8-9-24-16)20-11-14-21-22-15(23-14)13-6-4-12(10-18)5-7-13/h4-9,20H,3,11H2,1-2H3/t17-/m1/s1. The molecular weight excluding hydrogens is 322 g/mol. The molecule has 0 aliphatic heterocycles. The third-order valence-electron chi connectivity index (χ3n) is 3.97. The van der Waals surface area contributed by atoms with Crippen LogP contribution in [0.2, 0.25) is 0 Å². The number of nitrogens with one attached hydrogen (secondary N) is 1. The lowest BCUT2D eigenvalue weighted by atomic mass is 10.00. The number of thiazole rings is 1. The second-order valence-electron chi connectivity index (χ2n) is 5.57. The minimum Gasteiger partial charge on any atom is -0.419 e. The van der Waals surface area contributed by atoms with Crippen LogP contribution in [0.4, 0.5) is 0 Å². The van der Waals surface area contributed by atoms with Crippen LogP contribution in [-0.4, -0.2) is 15.2 Å². The highest BCUT2D eigenvalue weighted by Crippen LogP contribution is 2.27. The highest BCUT2D eigenvalue weighted by molar-refractivity contribution is 7.09. The number of hydrogen-bond acceptors (Lipinski definition) is 7. The Balaban J connectivity index is 1.71. The van der Waals surface area contributed by atoms with E-state index >= 15 is 0 Å². The summed E-state index contributed by atoms with van der Waals surface area (Å²) in [6.45, 7) is 4.70. The first-order valence-corrected chi connectivity index (χ1v) is 8.50. The summed E-state index contributed by atoms with van der Waals surface area (Å²) in [4.78, 5) is 4.40. The molecule has 0 saturated carbocycles. The van der Waals surface area contributed by atoms with E-state index in [0.29, 0.717) is 23.9 Å². The van der Waals surface area contributed by atoms with Crippen molar-refractivity contribution in [3.63, 3.8) is 0 Å². The third-order valence-corrected chi connectivity index (χ3v) is 5.01. The van der Waals surface area contributed by atoms with Crippen LogP contribution in [0.3, 0.4) is 0 Å². The summed E-state index contributed by atoms with van der Waals surface area (Å²) in [5.41, 5.74) is 1.17. The molecule has 0 spiro atoms. The van der Waals surface area contributed by atoms with Crippen LogP contribution in [0.1, 0.15) is 36.7 Å². The summed E-state index contributed by atoms with van der Waals surface area (Å²) in [7, 11) is 0. The quantitative estimate of drug-likeness (QED) is 0.740. The number of aromatic nitrogens is 3. The van der Waals surface area contributed by atoms with Crippen LogP contribution in [0, 0.1) is 11.3 Å². The smallest absolute Gasteiger partial charge is 0.247 e. The Morgan fingerprint density at radius 1 is 1.29 bits per heavy atom. The van der Waals surface area contributed by atoms with E-state index in [9.17, 15) is 0 Å². The minimum absolute atomic E-state index is 0.225. The number of rotatable bonds is 6. The van der Waals surface area contributed by atoms with Crippen molar-refractivity contribution < 1.29 is 4.42 Å². The summed E-state index contributed by atoms with van der Waals surface area (Å²) >= 11 is 1.63. The van der Waals surface area contributed by atoms with Gasteiger partial charge in [0.25, 0.3) is 0 Å². The molecule has 3 rings (SSSR count). The molecular formula is C17H17N5OS. The van der Waals surface area contributed by atoms with E-state index in [1.807, 2.05) is 11.6 Å². The Labute approximate surface area is 144 Å². The Morgan fingerprint density at radius 3 is 2.71 bits per heavy atom. The summed E-state index contributed by atoms with van der Waals surface area (Å²) in [5.74, 6) is 0.967. The van der Waals surface area contributed by atoms with Gasteiger partial charge in [0.1, 0.15) is 5.01 Å². The van der Waals surface area contributed by atoms with E-state index in [1.165, 1.54) is 0 Å². The molecule has 24 heavy (non-hydrogen) atoms. The summed E-state index contributed by atoms with van der Waals surface area (Å²) in [6, 6.07) is 9.15. The second kappa shape index (κ2) is 6.91. The molecule has 0 bridgehead atoms. The van der Waals surface area contributed by atoms with E-state index in [1.54, 1.807) is 35.6 Å². The topological polar surface area (TPSA) is 87.6 Å². The second-order valence-corrected chi connectivity index (χ2v) is 6.46. The molecule has 1 atom stereocenters. The van der Waals surface area contributed by atoms with Gasteiger partial charge in [-0.2, -0.15) is 5.26 Å². The van der Waals surface area contributed by atoms with Crippen molar-refractivity contribution in [3.05, 3.63) is 52.3 Å². The summed E-state index contributed by atoms with van der Waals surface area (Å²) < 4.78 is 5.72. The van der Waals surface area contributed by atoms with Gasteiger partial charge in [-0.3, -0.25) is 5.32 Å². The Kier molecular flexibility index (Phi) is 4.69. The number of nitrogens with zero attached hydrogens (tertiary/aromatic N) is 4. The zero-order valence-corrected chi connectivity index (χ0v) is 14.3. The molecule has 0 saturated heterocycles. The normalized spacial score (nSPS) is 13.4. The molecule has 7 heteroatoms. The van der Waals surface area contributed by atoms with Gasteiger partial charge in [-0.25, -0.2) is 4.98 Å². The average Bonchev–Trinajstić information content (AvgIpc) is 3.32. The maximum atomic E-state index is 8.84. The van der Waals surface area contributed by atoms with Gasteiger partial charge in [-0.05, 0) is 37.6 Å². The monoisotopic (exact) mass is 339 g/mol. The van der Waals surface area contributed by atoms with Gasteiger partial charge in [-0.1, -0.05) is 6.92 Å². The highest BCUT2D eigenvalue weighted by Gasteiger charge is 2.27. The first-order chi connectivity index (χ1) is 11.6. The molecule has 0 radical (unpaired) electrons. The molecule has 1 aromatic carbocycles. The van der Waals surface area contributed by atoms with E-state index in [-0.39, 0.29) is 5.54 Å². The van der Waals surface area contributed by atoms with Crippen LogP contribution in [0.15, 0.2) is 40.3 Å². The fourth-order valence-electron chi connectivity index (χ4n) is 2.25. The van der Waals surface area contributed by atoms with Gasteiger partial charge in [0.15, 0.2) is 0 Å². The Bertz CT molecular complexity index is 835. The molecule has 2 aromatic heterocycles. The molecule has 2 heterocycles. The molecule has 122 valence electrons. The van der Waals surface area contributed by atoms with Crippen molar-refractivity contribution >= 4 is 11.3 Å². The van der Waals surface area contributed by atoms with Crippen LogP contribution < -0.4 is 5.32 Å². The summed E-state index contributed by atoms with van der Waals surface area (Å²) in [6.07, 6.45) is 2.71. The van der Waals surface area contributed by atoms with Crippen molar-refractivity contribution in [1.29, 1.82) is 5.26 Å². The maximum Gasteiger partial charge on any atom is 0.247 e. The maximum absolute atomic E-state index is 8.84. The molecule has 0 aliphatic carbocycles. The van der Waals surface area contributed by atoms with Crippen LogP contribution in [0.25, 0.3) is 11.5 Å². The molecule has 1 N–H and O–H groups in total. The largest absolute Gasteiger partial charge is 0.419 e. The molecule has 0 unspecified atom stereocenters. The molecule has 0 amide bonds. The van der Waals surface area contributed by atoms with Crippen LogP contribution in [-0.2, 0) is 12.1 Å². The van der Waals surface area contributed by atoms with E-state index in [4.69, 9.17) is 9.68 Å². The van der Waals surface area contributed by atoms with Crippen LogP contribution >= 0.6 is 11.3 Å². The van der Waals surface area contributed by atoms with Crippen molar-refractivity contribution in [3.8, 4) is 17.5 Å². The Morgan fingerprint density at radius 2 is 2.08 bits per heavy atom. The zero-order chi connectivity index (χ0) is 17.0. The fourth-order valence-corrected chi connectivity index (χ4v) is 3.10. The molecule has 3 aromatic rings. The van der Waals surface area contributed by atoms with Crippen molar-refractivity contribution in [2.75, 3.05) is 0 Å². The molecule has 6 nitrogen and oxygen atoms in total. The SMILES string of the molecule is CC[C@@](C)(NCc1nnc(-c2ccc(C#N)cc2)o1)c1nccs1. The molecule has 0 fully saturated rings. The van der Waals surface area contributed by atoms with E-state index in [2.05, 4.69) is 40.4 Å². The third kappa shape index (κ3) is 3.35. The van der Waals surface area contributed by atoms with E-state index in [0.717, 1.165) is 17.0 Å². The van der Waals surface area contributed by atoms with Gasteiger partial charge in [-0.15, -0.1) is 21.5 Å². The lowest BCUT2D eigenvalue weighted by molar-refractivity contribution is 0.327. The predicted molar refractivity (Wildman–Crippen MR) is 91.0 cm³/mol. The van der Waals surface area contributed by atoms with Crippen LogP contribution in [0.5, 0.6) is 0 Å². The van der Waals surface area contributed by atoms with Gasteiger partial charge in [0, 0.05) is 17.1 Å². The van der Waals surface area contributed by atoms with E-state index < -0.39 is 0 Å². The minimum atomic E-state index is -0.225.